The number of hydrogen-bond donors (Lipinski definition) is 0. The molecule has 1 fully saturated rings. The van der Waals surface area contributed by atoms with Gasteiger partial charge in [-0.2, -0.15) is 0 Å². The lowest BCUT2D eigenvalue weighted by molar-refractivity contribution is -0.385. The van der Waals surface area contributed by atoms with E-state index in [1.165, 1.54) is 35.2 Å². The van der Waals surface area contributed by atoms with Crippen LogP contribution in [0.5, 0.6) is 5.75 Å². The normalized spacial score (nSPS) is 16.4. The molecule has 2 aliphatic heterocycles. The third-order valence-electron chi connectivity index (χ3n) is 6.89. The van der Waals surface area contributed by atoms with Crippen molar-refractivity contribution in [2.24, 2.45) is 5.92 Å². The van der Waals surface area contributed by atoms with Crippen LogP contribution >= 0.6 is 46.4 Å². The van der Waals surface area contributed by atoms with Gasteiger partial charge in [0.2, 0.25) is 5.91 Å². The second kappa shape index (κ2) is 10.6. The zero-order valence-corrected chi connectivity index (χ0v) is 24.2. The summed E-state index contributed by atoms with van der Waals surface area (Å²) in [6, 6.07) is 8.68. The third kappa shape index (κ3) is 4.80. The van der Waals surface area contributed by atoms with Gasteiger partial charge in [0, 0.05) is 24.6 Å². The maximum absolute atomic E-state index is 13.2. The van der Waals surface area contributed by atoms with Crippen LogP contribution in [0.15, 0.2) is 36.4 Å². The molecule has 0 saturated carbocycles. The summed E-state index contributed by atoms with van der Waals surface area (Å²) >= 11 is 24.6. The van der Waals surface area contributed by atoms with Gasteiger partial charge in [-0.3, -0.25) is 29.3 Å². The fourth-order valence-electron chi connectivity index (χ4n) is 4.79. The molecular weight excluding hydrogens is 620 g/mol. The predicted molar refractivity (Wildman–Crippen MR) is 153 cm³/mol. The lowest BCUT2D eigenvalue weighted by atomic mass is 10.1. The standard InChI is InChI=1S/C27H17Cl4N3O7/c1-11-3-4-14(9-17(11)34(39)40)32-10-13(8-18(32)35)27(38)41-15-5-6-16(12(2)7-15)33-25(36)19-20(26(33)37)22(29)24(31)23(30)21(19)28/h3-7,9,13H,8,10H2,1-2H3/t13-/m1/s1. The molecule has 1 saturated heterocycles. The molecule has 2 heterocycles. The number of amides is 3. The number of aryl methyl sites for hydroxylation is 2. The Labute approximate surface area is 252 Å². The summed E-state index contributed by atoms with van der Waals surface area (Å²) in [4.78, 5) is 64.9. The molecule has 3 aromatic carbocycles. The number of benzene rings is 3. The number of ether oxygens (including phenoxy) is 1. The second-order valence-electron chi connectivity index (χ2n) is 9.45. The number of imide groups is 1. The van der Waals surface area contributed by atoms with E-state index in [0.717, 1.165) is 4.90 Å². The van der Waals surface area contributed by atoms with Crippen molar-refractivity contribution in [1.82, 2.24) is 0 Å². The number of carbonyl (C=O) groups excluding carboxylic acids is 4. The number of carbonyl (C=O) groups is 4. The van der Waals surface area contributed by atoms with Crippen LogP contribution in [0.4, 0.5) is 17.1 Å². The van der Waals surface area contributed by atoms with Gasteiger partial charge in [0.15, 0.2) is 0 Å². The fourth-order valence-corrected chi connectivity index (χ4v) is 5.80. The number of fused-ring (bicyclic) bond motifs is 1. The van der Waals surface area contributed by atoms with Crippen molar-refractivity contribution in [3.8, 4) is 5.75 Å². The van der Waals surface area contributed by atoms with E-state index in [2.05, 4.69) is 0 Å². The Morgan fingerprint density at radius 2 is 1.51 bits per heavy atom. The van der Waals surface area contributed by atoms with Crippen LogP contribution in [0.1, 0.15) is 38.3 Å². The van der Waals surface area contributed by atoms with E-state index in [9.17, 15) is 29.3 Å². The molecule has 3 amide bonds. The Balaban J connectivity index is 1.34. The summed E-state index contributed by atoms with van der Waals surface area (Å²) in [6.07, 6.45) is -0.140. The van der Waals surface area contributed by atoms with Gasteiger partial charge in [-0.1, -0.05) is 52.5 Å². The molecule has 0 bridgehead atoms. The molecule has 210 valence electrons. The zero-order chi connectivity index (χ0) is 29.9. The lowest BCUT2D eigenvalue weighted by Crippen LogP contribution is -2.30. The third-order valence-corrected chi connectivity index (χ3v) is 8.69. The van der Waals surface area contributed by atoms with E-state index in [4.69, 9.17) is 51.1 Å². The number of nitrogens with zero attached hydrogens (tertiary/aromatic N) is 3. The van der Waals surface area contributed by atoms with Gasteiger partial charge in [0.05, 0.1) is 53.4 Å². The Morgan fingerprint density at radius 1 is 0.902 bits per heavy atom. The summed E-state index contributed by atoms with van der Waals surface area (Å²) in [6.45, 7) is 3.17. The molecule has 0 aromatic heterocycles. The maximum Gasteiger partial charge on any atom is 0.316 e. The summed E-state index contributed by atoms with van der Waals surface area (Å²) in [5.74, 6) is -3.25. The van der Waals surface area contributed by atoms with Crippen LogP contribution in [0.25, 0.3) is 0 Å². The van der Waals surface area contributed by atoms with Gasteiger partial charge in [-0.25, -0.2) is 4.90 Å². The first-order valence-corrected chi connectivity index (χ1v) is 13.5. The Morgan fingerprint density at radius 3 is 2.07 bits per heavy atom. The summed E-state index contributed by atoms with van der Waals surface area (Å²) in [5.41, 5.74) is 0.891. The highest BCUT2D eigenvalue weighted by Gasteiger charge is 2.43. The van der Waals surface area contributed by atoms with Gasteiger partial charge in [-0.15, -0.1) is 0 Å². The number of hydrogen-bond acceptors (Lipinski definition) is 7. The maximum atomic E-state index is 13.2. The average molecular weight is 637 g/mol. The van der Waals surface area contributed by atoms with Crippen molar-refractivity contribution in [2.75, 3.05) is 16.3 Å². The smallest absolute Gasteiger partial charge is 0.316 e. The van der Waals surface area contributed by atoms with Gasteiger partial charge < -0.3 is 9.64 Å². The van der Waals surface area contributed by atoms with Crippen LogP contribution in [0.2, 0.25) is 20.1 Å². The van der Waals surface area contributed by atoms with E-state index in [0.29, 0.717) is 16.8 Å². The summed E-state index contributed by atoms with van der Waals surface area (Å²) < 4.78 is 5.50. The lowest BCUT2D eigenvalue weighted by Gasteiger charge is -2.18. The Hall–Kier alpha value is -3.70. The van der Waals surface area contributed by atoms with Crippen molar-refractivity contribution in [1.29, 1.82) is 0 Å². The highest BCUT2D eigenvalue weighted by Crippen LogP contribution is 2.46. The van der Waals surface area contributed by atoms with E-state index < -0.39 is 28.6 Å². The zero-order valence-electron chi connectivity index (χ0n) is 21.2. The minimum absolute atomic E-state index is 0.0172. The van der Waals surface area contributed by atoms with Gasteiger partial charge >= 0.3 is 5.97 Å². The monoisotopic (exact) mass is 635 g/mol. The number of nitro groups is 1. The van der Waals surface area contributed by atoms with Gasteiger partial charge in [0.25, 0.3) is 17.5 Å². The van der Waals surface area contributed by atoms with Crippen molar-refractivity contribution in [2.45, 2.75) is 20.3 Å². The SMILES string of the molecule is Cc1cc(OC(=O)[C@@H]2CC(=O)N(c3ccc(C)c([N+](=O)[O-])c3)C2)ccc1N1C(=O)c2c(Cl)c(Cl)c(Cl)c(Cl)c2C1=O. The highest BCUT2D eigenvalue weighted by atomic mass is 35.5. The molecule has 3 aromatic rings. The molecule has 0 N–H and O–H groups in total. The van der Waals surface area contributed by atoms with Gasteiger partial charge in [-0.05, 0) is 43.7 Å². The second-order valence-corrected chi connectivity index (χ2v) is 11.0. The van der Waals surface area contributed by atoms with Crippen LogP contribution in [0.3, 0.4) is 0 Å². The topological polar surface area (TPSA) is 127 Å². The van der Waals surface area contributed by atoms with Crippen LogP contribution in [-0.4, -0.2) is 35.2 Å². The molecule has 5 rings (SSSR count). The van der Waals surface area contributed by atoms with Crippen LogP contribution in [0, 0.1) is 29.9 Å². The molecule has 1 atom stereocenters. The Kier molecular flexibility index (Phi) is 7.46. The summed E-state index contributed by atoms with van der Waals surface area (Å²) in [5, 5.41) is 10.6. The Bertz CT molecular complexity index is 1680. The molecule has 10 nitrogen and oxygen atoms in total. The molecule has 0 aliphatic carbocycles. The van der Waals surface area contributed by atoms with Crippen molar-refractivity contribution in [3.05, 3.63) is 88.9 Å². The fraction of sp³-hybridized carbons (Fsp3) is 0.185. The van der Waals surface area contributed by atoms with Crippen molar-refractivity contribution in [3.63, 3.8) is 0 Å². The molecule has 0 radical (unpaired) electrons. The quantitative estimate of drug-likeness (QED) is 0.0588. The van der Waals surface area contributed by atoms with E-state index in [-0.39, 0.29) is 67.2 Å². The van der Waals surface area contributed by atoms with Crippen LogP contribution in [-0.2, 0) is 9.59 Å². The largest absolute Gasteiger partial charge is 0.426 e. The van der Waals surface area contributed by atoms with Crippen molar-refractivity contribution < 1.29 is 28.8 Å². The molecule has 41 heavy (non-hydrogen) atoms. The number of rotatable bonds is 5. The number of halogens is 4. The number of anilines is 2. The van der Waals surface area contributed by atoms with E-state index in [1.54, 1.807) is 19.9 Å². The molecule has 14 heteroatoms. The molecule has 0 spiro atoms. The first-order valence-electron chi connectivity index (χ1n) is 11.9. The first kappa shape index (κ1) is 28.8. The van der Waals surface area contributed by atoms with Gasteiger partial charge in [0.1, 0.15) is 5.75 Å². The molecule has 2 aliphatic rings. The number of nitro benzene ring substituents is 1. The van der Waals surface area contributed by atoms with Crippen LogP contribution < -0.4 is 14.5 Å². The summed E-state index contributed by atoms with van der Waals surface area (Å²) in [7, 11) is 0. The predicted octanol–water partition coefficient (Wildman–Crippen LogP) is 6.58. The van der Waals surface area contributed by atoms with E-state index in [1.807, 2.05) is 0 Å². The highest BCUT2D eigenvalue weighted by molar-refractivity contribution is 6.56. The first-order chi connectivity index (χ1) is 19.3. The molecule has 0 unspecified atom stereocenters. The van der Waals surface area contributed by atoms with Crippen molar-refractivity contribution >= 4 is 87.2 Å². The average Bonchev–Trinajstić information content (AvgIpc) is 3.43. The van der Waals surface area contributed by atoms with E-state index >= 15 is 0 Å². The molecular formula is C27H17Cl4N3O7. The minimum Gasteiger partial charge on any atom is -0.426 e. The minimum atomic E-state index is -0.821. The number of esters is 1.